The smallest absolute Gasteiger partial charge is 0.0919 e. The van der Waals surface area contributed by atoms with E-state index in [-0.39, 0.29) is 0 Å². The summed E-state index contributed by atoms with van der Waals surface area (Å²) in [5, 5.41) is 6.21. The SMILES string of the molecule is c1c[nH]cn1.c1cn[nH]c1.c1cnccn1. The van der Waals surface area contributed by atoms with Crippen LogP contribution in [-0.4, -0.2) is 30.1 Å². The number of aromatic amines is 2. The van der Waals surface area contributed by atoms with Crippen LogP contribution in [0, 0.1) is 0 Å². The zero-order valence-corrected chi connectivity index (χ0v) is 8.56. The van der Waals surface area contributed by atoms with E-state index in [2.05, 4.69) is 30.1 Å². The molecule has 0 amide bonds. The van der Waals surface area contributed by atoms with Gasteiger partial charge in [-0.1, -0.05) is 0 Å². The first kappa shape index (κ1) is 11.6. The molecule has 0 bridgehead atoms. The van der Waals surface area contributed by atoms with Gasteiger partial charge >= 0.3 is 0 Å². The van der Waals surface area contributed by atoms with Crippen LogP contribution in [0.15, 0.2) is 62.0 Å². The monoisotopic (exact) mass is 216 g/mol. The maximum Gasteiger partial charge on any atom is 0.0919 e. The van der Waals surface area contributed by atoms with E-state index in [0.717, 1.165) is 0 Å². The Balaban J connectivity index is 0.000000121. The molecule has 0 aliphatic heterocycles. The minimum absolute atomic E-state index is 1.62. The summed E-state index contributed by atoms with van der Waals surface area (Å²) in [5.41, 5.74) is 0. The fourth-order valence-electron chi connectivity index (χ4n) is 0.684. The van der Waals surface area contributed by atoms with Crippen LogP contribution < -0.4 is 0 Å². The van der Waals surface area contributed by atoms with E-state index in [1.54, 1.807) is 55.9 Å². The topological polar surface area (TPSA) is 83.1 Å². The summed E-state index contributed by atoms with van der Waals surface area (Å²) in [5.74, 6) is 0. The van der Waals surface area contributed by atoms with E-state index in [4.69, 9.17) is 0 Å². The van der Waals surface area contributed by atoms with E-state index in [1.807, 2.05) is 6.07 Å². The van der Waals surface area contributed by atoms with Gasteiger partial charge in [0, 0.05) is 49.6 Å². The maximum absolute atomic E-state index is 3.72. The lowest BCUT2D eigenvalue weighted by atomic mass is 10.8. The predicted octanol–water partition coefficient (Wildman–Crippen LogP) is 1.30. The molecule has 0 saturated heterocycles. The van der Waals surface area contributed by atoms with Crippen molar-refractivity contribution >= 4 is 0 Å². The standard InChI is InChI=1S/C4H4N2.2C3H4N2/c1-2-6-4-3-5-1;1-2-5-3-4-1;1-2-4-5-3-1/h1-4H;2*1-3H,(H,4,5). The first-order valence-electron chi connectivity index (χ1n) is 4.56. The van der Waals surface area contributed by atoms with E-state index in [9.17, 15) is 0 Å². The van der Waals surface area contributed by atoms with Crippen molar-refractivity contribution in [2.45, 2.75) is 0 Å². The quantitative estimate of drug-likeness (QED) is 0.593. The lowest BCUT2D eigenvalue weighted by Crippen LogP contribution is -1.66. The highest BCUT2D eigenvalue weighted by atomic mass is 15.1. The van der Waals surface area contributed by atoms with Crippen LogP contribution in [-0.2, 0) is 0 Å². The third-order valence-electron chi connectivity index (χ3n) is 1.29. The van der Waals surface area contributed by atoms with Crippen LogP contribution in [0.5, 0.6) is 0 Å². The number of hydrogen-bond donors (Lipinski definition) is 2. The van der Waals surface area contributed by atoms with Crippen molar-refractivity contribution in [2.75, 3.05) is 0 Å². The van der Waals surface area contributed by atoms with Gasteiger partial charge in [0.1, 0.15) is 0 Å². The average molecular weight is 216 g/mol. The Kier molecular flexibility index (Phi) is 6.56. The molecule has 6 heteroatoms. The van der Waals surface area contributed by atoms with Crippen LogP contribution in [0.25, 0.3) is 0 Å². The van der Waals surface area contributed by atoms with Crippen molar-refractivity contribution < 1.29 is 0 Å². The van der Waals surface area contributed by atoms with Gasteiger partial charge in [0.15, 0.2) is 0 Å². The molecule has 0 aromatic carbocycles. The van der Waals surface area contributed by atoms with Gasteiger partial charge in [-0.2, -0.15) is 5.10 Å². The van der Waals surface area contributed by atoms with Gasteiger partial charge < -0.3 is 4.98 Å². The van der Waals surface area contributed by atoms with Crippen LogP contribution in [0.2, 0.25) is 0 Å². The Hall–Kier alpha value is -2.50. The van der Waals surface area contributed by atoms with Crippen LogP contribution in [0.1, 0.15) is 0 Å². The second kappa shape index (κ2) is 9.07. The zero-order chi connectivity index (χ0) is 11.3. The molecule has 2 N–H and O–H groups in total. The second-order valence-corrected chi connectivity index (χ2v) is 2.42. The molecule has 0 aliphatic carbocycles. The first-order valence-corrected chi connectivity index (χ1v) is 4.56. The highest BCUT2D eigenvalue weighted by Crippen LogP contribution is 1.66. The van der Waals surface area contributed by atoms with E-state index >= 15 is 0 Å². The maximum atomic E-state index is 3.72. The van der Waals surface area contributed by atoms with Gasteiger partial charge in [0.05, 0.1) is 6.33 Å². The zero-order valence-electron chi connectivity index (χ0n) is 8.56. The molecule has 3 aromatic heterocycles. The number of rotatable bonds is 0. The van der Waals surface area contributed by atoms with E-state index in [1.165, 1.54) is 0 Å². The fourth-order valence-corrected chi connectivity index (χ4v) is 0.684. The summed E-state index contributed by atoms with van der Waals surface area (Å²) in [6, 6.07) is 1.83. The molecular weight excluding hydrogens is 204 g/mol. The number of nitrogens with one attached hydrogen (secondary N) is 2. The Morgan fingerprint density at radius 2 is 1.44 bits per heavy atom. The number of nitrogens with zero attached hydrogens (tertiary/aromatic N) is 4. The molecule has 0 unspecified atom stereocenters. The molecule has 0 fully saturated rings. The van der Waals surface area contributed by atoms with Gasteiger partial charge in [-0.15, -0.1) is 0 Å². The van der Waals surface area contributed by atoms with Gasteiger partial charge in [0.25, 0.3) is 0 Å². The minimum Gasteiger partial charge on any atom is -0.351 e. The van der Waals surface area contributed by atoms with Crippen molar-refractivity contribution in [2.24, 2.45) is 0 Å². The molecule has 3 heterocycles. The van der Waals surface area contributed by atoms with Gasteiger partial charge in [-0.25, -0.2) is 4.98 Å². The molecule has 16 heavy (non-hydrogen) atoms. The molecule has 0 spiro atoms. The highest BCUT2D eigenvalue weighted by Gasteiger charge is 1.59. The van der Waals surface area contributed by atoms with E-state index in [0.29, 0.717) is 0 Å². The lowest BCUT2D eigenvalue weighted by molar-refractivity contribution is 1.09. The minimum atomic E-state index is 1.62. The Morgan fingerprint density at radius 1 is 0.688 bits per heavy atom. The van der Waals surface area contributed by atoms with Gasteiger partial charge in [-0.3, -0.25) is 15.1 Å². The summed E-state index contributed by atoms with van der Waals surface area (Å²) in [6.45, 7) is 0. The molecule has 0 aliphatic rings. The molecular formula is C10H12N6. The molecule has 0 radical (unpaired) electrons. The number of hydrogen-bond acceptors (Lipinski definition) is 4. The van der Waals surface area contributed by atoms with Crippen LogP contribution in [0.4, 0.5) is 0 Å². The highest BCUT2D eigenvalue weighted by molar-refractivity contribution is 4.72. The van der Waals surface area contributed by atoms with Crippen LogP contribution >= 0.6 is 0 Å². The van der Waals surface area contributed by atoms with Crippen molar-refractivity contribution in [1.29, 1.82) is 0 Å². The largest absolute Gasteiger partial charge is 0.351 e. The van der Waals surface area contributed by atoms with Crippen molar-refractivity contribution in [3.8, 4) is 0 Å². The fraction of sp³-hybridized carbons (Fsp3) is 0. The molecule has 0 atom stereocenters. The normalized spacial score (nSPS) is 8.00. The molecule has 82 valence electrons. The number of imidazole rings is 1. The Bertz CT molecular complexity index is 307. The van der Waals surface area contributed by atoms with Crippen molar-refractivity contribution in [1.82, 2.24) is 30.1 Å². The Morgan fingerprint density at radius 3 is 1.62 bits per heavy atom. The lowest BCUT2D eigenvalue weighted by Gasteiger charge is -1.70. The summed E-state index contributed by atoms with van der Waals surface area (Å²) < 4.78 is 0. The summed E-state index contributed by atoms with van der Waals surface area (Å²) >= 11 is 0. The number of H-pyrrole nitrogens is 2. The predicted molar refractivity (Wildman–Crippen MR) is 59.2 cm³/mol. The third kappa shape index (κ3) is 6.96. The van der Waals surface area contributed by atoms with Gasteiger partial charge in [0.2, 0.25) is 0 Å². The second-order valence-electron chi connectivity index (χ2n) is 2.42. The summed E-state index contributed by atoms with van der Waals surface area (Å²) in [6.07, 6.45) is 15.1. The third-order valence-corrected chi connectivity index (χ3v) is 1.29. The van der Waals surface area contributed by atoms with Crippen LogP contribution in [0.3, 0.4) is 0 Å². The summed E-state index contributed by atoms with van der Waals surface area (Å²) in [4.78, 5) is 13.9. The molecule has 3 rings (SSSR count). The number of aromatic nitrogens is 6. The molecule has 3 aromatic rings. The average Bonchev–Trinajstić information content (AvgIpc) is 3.10. The molecule has 0 saturated carbocycles. The summed E-state index contributed by atoms with van der Waals surface area (Å²) in [7, 11) is 0. The Labute approximate surface area is 92.8 Å². The van der Waals surface area contributed by atoms with Crippen molar-refractivity contribution in [3.63, 3.8) is 0 Å². The van der Waals surface area contributed by atoms with Crippen molar-refractivity contribution in [3.05, 3.63) is 62.0 Å². The van der Waals surface area contributed by atoms with Gasteiger partial charge in [-0.05, 0) is 6.07 Å². The first-order chi connectivity index (χ1) is 8.00. The van der Waals surface area contributed by atoms with E-state index < -0.39 is 0 Å². The molecule has 6 nitrogen and oxygen atoms in total.